The van der Waals surface area contributed by atoms with Crippen molar-refractivity contribution in [2.75, 3.05) is 7.11 Å². The van der Waals surface area contributed by atoms with Gasteiger partial charge >= 0.3 is 5.97 Å². The van der Waals surface area contributed by atoms with E-state index in [4.69, 9.17) is 4.42 Å². The summed E-state index contributed by atoms with van der Waals surface area (Å²) < 4.78 is 9.78. The van der Waals surface area contributed by atoms with Gasteiger partial charge in [-0.2, -0.15) is 0 Å². The molecule has 1 aromatic carbocycles. The molecule has 2 aromatic rings. The number of hydrogen-bond donors (Lipinski definition) is 1. The van der Waals surface area contributed by atoms with E-state index in [1.165, 1.54) is 25.1 Å². The van der Waals surface area contributed by atoms with Gasteiger partial charge in [0.05, 0.1) is 24.0 Å². The second-order valence-electron chi connectivity index (χ2n) is 5.47. The molecule has 0 saturated carbocycles. The summed E-state index contributed by atoms with van der Waals surface area (Å²) in [5.41, 5.74) is 3.41. The van der Waals surface area contributed by atoms with Crippen molar-refractivity contribution in [1.82, 2.24) is 5.32 Å². The average molecular weight is 356 g/mol. The molecular formula is C18H16N2O4S. The molecule has 0 unspecified atom stereocenters. The molecule has 1 N–H and O–H groups in total. The van der Waals surface area contributed by atoms with Crippen molar-refractivity contribution >= 4 is 40.6 Å². The van der Waals surface area contributed by atoms with Crippen molar-refractivity contribution in [3.63, 3.8) is 0 Å². The van der Waals surface area contributed by atoms with Crippen LogP contribution in [0.2, 0.25) is 0 Å². The predicted octanol–water partition coefficient (Wildman–Crippen LogP) is 3.57. The second kappa shape index (κ2) is 6.98. The van der Waals surface area contributed by atoms with Gasteiger partial charge in [-0.3, -0.25) is 4.79 Å². The van der Waals surface area contributed by atoms with Crippen LogP contribution in [0.1, 0.15) is 27.2 Å². The predicted molar refractivity (Wildman–Crippen MR) is 96.8 cm³/mol. The summed E-state index contributed by atoms with van der Waals surface area (Å²) in [4.78, 5) is 28.8. The number of carbonyl (C=O) groups excluding carboxylic acids is 2. The molecule has 0 radical (unpaired) electrons. The Morgan fingerprint density at radius 1 is 1.32 bits per heavy atom. The topological polar surface area (TPSA) is 80.9 Å². The van der Waals surface area contributed by atoms with Crippen LogP contribution in [0.4, 0.5) is 5.69 Å². The maximum atomic E-state index is 12.2. The van der Waals surface area contributed by atoms with Crippen LogP contribution in [0.3, 0.4) is 0 Å². The SMILES string of the molecule is COC(=O)c1occc1/C=C1\SC(=Nc2cc(C)ccc2C)NC1=O. The van der Waals surface area contributed by atoms with Gasteiger partial charge in [-0.15, -0.1) is 0 Å². The van der Waals surface area contributed by atoms with Crippen LogP contribution < -0.4 is 5.32 Å². The van der Waals surface area contributed by atoms with E-state index in [9.17, 15) is 9.59 Å². The maximum Gasteiger partial charge on any atom is 0.374 e. The third-order valence-corrected chi connectivity index (χ3v) is 4.50. The monoisotopic (exact) mass is 356 g/mol. The van der Waals surface area contributed by atoms with E-state index in [0.717, 1.165) is 16.8 Å². The zero-order valence-corrected chi connectivity index (χ0v) is 14.8. The van der Waals surface area contributed by atoms with Crippen molar-refractivity contribution in [3.05, 3.63) is 57.9 Å². The highest BCUT2D eigenvalue weighted by atomic mass is 32.2. The molecule has 1 amide bonds. The molecule has 6 nitrogen and oxygen atoms in total. The molecule has 128 valence electrons. The minimum atomic E-state index is -0.593. The van der Waals surface area contributed by atoms with Gasteiger partial charge in [-0.25, -0.2) is 9.79 Å². The Labute approximate surface area is 149 Å². The van der Waals surface area contributed by atoms with Gasteiger partial charge in [0.2, 0.25) is 5.76 Å². The standard InChI is InChI=1S/C18H16N2O4S/c1-10-4-5-11(2)13(8-10)19-18-20-16(21)14(25-18)9-12-6-7-24-15(12)17(22)23-3/h4-9H,1-3H3,(H,19,20,21)/b14-9-. The van der Waals surface area contributed by atoms with Gasteiger partial charge in [0, 0.05) is 5.56 Å². The Morgan fingerprint density at radius 2 is 2.12 bits per heavy atom. The molecular weight excluding hydrogens is 340 g/mol. The number of furan rings is 1. The van der Waals surface area contributed by atoms with Crippen molar-refractivity contribution < 1.29 is 18.7 Å². The third-order valence-electron chi connectivity index (χ3n) is 3.59. The average Bonchev–Trinajstić information content (AvgIpc) is 3.17. The van der Waals surface area contributed by atoms with Crippen molar-refractivity contribution in [2.45, 2.75) is 13.8 Å². The molecule has 0 bridgehead atoms. The number of amides is 1. The Kier molecular flexibility index (Phi) is 4.76. The Balaban J connectivity index is 1.88. The number of aliphatic imine (C=N–C) groups is 1. The first-order valence-corrected chi connectivity index (χ1v) is 8.32. The van der Waals surface area contributed by atoms with Gasteiger partial charge in [0.15, 0.2) is 5.17 Å². The minimum Gasteiger partial charge on any atom is -0.463 e. The number of thioether (sulfide) groups is 1. The van der Waals surface area contributed by atoms with E-state index >= 15 is 0 Å². The zero-order chi connectivity index (χ0) is 18.0. The number of methoxy groups -OCH3 is 1. The molecule has 1 saturated heterocycles. The summed E-state index contributed by atoms with van der Waals surface area (Å²) in [5.74, 6) is -0.807. The second-order valence-corrected chi connectivity index (χ2v) is 6.50. The van der Waals surface area contributed by atoms with Crippen molar-refractivity contribution in [3.8, 4) is 0 Å². The molecule has 0 aliphatic carbocycles. The number of amidine groups is 1. The van der Waals surface area contributed by atoms with Crippen LogP contribution in [0.25, 0.3) is 6.08 Å². The number of benzene rings is 1. The zero-order valence-electron chi connectivity index (χ0n) is 14.0. The van der Waals surface area contributed by atoms with Crippen molar-refractivity contribution in [1.29, 1.82) is 0 Å². The lowest BCUT2D eigenvalue weighted by Gasteiger charge is -2.02. The molecule has 3 rings (SSSR count). The summed E-state index contributed by atoms with van der Waals surface area (Å²) in [7, 11) is 1.27. The fourth-order valence-electron chi connectivity index (χ4n) is 2.26. The highest BCUT2D eigenvalue weighted by molar-refractivity contribution is 8.18. The highest BCUT2D eigenvalue weighted by Gasteiger charge is 2.25. The lowest BCUT2D eigenvalue weighted by molar-refractivity contribution is -0.115. The van der Waals surface area contributed by atoms with Gasteiger partial charge < -0.3 is 14.5 Å². The number of esters is 1. The van der Waals surface area contributed by atoms with Crippen LogP contribution in [0.5, 0.6) is 0 Å². The van der Waals surface area contributed by atoms with Crippen LogP contribution in [-0.4, -0.2) is 24.2 Å². The summed E-state index contributed by atoms with van der Waals surface area (Å²) in [6, 6.07) is 7.56. The van der Waals surface area contributed by atoms with E-state index in [1.807, 2.05) is 32.0 Å². The smallest absolute Gasteiger partial charge is 0.374 e. The third kappa shape index (κ3) is 3.66. The van der Waals surface area contributed by atoms with Gasteiger partial charge in [-0.1, -0.05) is 12.1 Å². The molecule has 0 spiro atoms. The molecule has 7 heteroatoms. The number of aryl methyl sites for hydroxylation is 2. The maximum absolute atomic E-state index is 12.2. The summed E-state index contributed by atoms with van der Waals surface area (Å²) in [5, 5.41) is 3.23. The Bertz CT molecular complexity index is 912. The normalized spacial score (nSPS) is 17.2. The van der Waals surface area contributed by atoms with Gasteiger partial charge in [0.1, 0.15) is 0 Å². The molecule has 0 atom stereocenters. The first-order valence-electron chi connectivity index (χ1n) is 7.50. The number of rotatable bonds is 3. The summed E-state index contributed by atoms with van der Waals surface area (Å²) in [6.07, 6.45) is 2.96. The Morgan fingerprint density at radius 3 is 2.88 bits per heavy atom. The number of hydrogen-bond acceptors (Lipinski definition) is 6. The summed E-state index contributed by atoms with van der Waals surface area (Å²) >= 11 is 1.21. The van der Waals surface area contributed by atoms with Crippen LogP contribution in [0.15, 0.2) is 44.8 Å². The fourth-order valence-corrected chi connectivity index (χ4v) is 3.09. The van der Waals surface area contributed by atoms with Crippen LogP contribution in [0, 0.1) is 13.8 Å². The van der Waals surface area contributed by atoms with Crippen molar-refractivity contribution in [2.24, 2.45) is 4.99 Å². The van der Waals surface area contributed by atoms with E-state index < -0.39 is 5.97 Å². The van der Waals surface area contributed by atoms with E-state index in [2.05, 4.69) is 15.0 Å². The minimum absolute atomic E-state index is 0.0586. The first kappa shape index (κ1) is 17.0. The highest BCUT2D eigenvalue weighted by Crippen LogP contribution is 2.30. The van der Waals surface area contributed by atoms with E-state index in [1.54, 1.807) is 12.1 Å². The molecule has 25 heavy (non-hydrogen) atoms. The summed E-state index contributed by atoms with van der Waals surface area (Å²) in [6.45, 7) is 3.95. The van der Waals surface area contributed by atoms with Crippen LogP contribution in [-0.2, 0) is 9.53 Å². The Hall–Kier alpha value is -2.80. The number of ether oxygens (including phenoxy) is 1. The molecule has 1 aromatic heterocycles. The fraction of sp³-hybridized carbons (Fsp3) is 0.167. The number of nitrogens with one attached hydrogen (secondary N) is 1. The van der Waals surface area contributed by atoms with E-state index in [0.29, 0.717) is 15.6 Å². The molecule has 1 aliphatic heterocycles. The lowest BCUT2D eigenvalue weighted by Crippen LogP contribution is -2.19. The lowest BCUT2D eigenvalue weighted by atomic mass is 10.1. The molecule has 1 aliphatic rings. The number of nitrogens with zero attached hydrogens (tertiary/aromatic N) is 1. The quantitative estimate of drug-likeness (QED) is 0.672. The van der Waals surface area contributed by atoms with E-state index in [-0.39, 0.29) is 11.7 Å². The first-order chi connectivity index (χ1) is 12.0. The van der Waals surface area contributed by atoms with Crippen LogP contribution >= 0.6 is 11.8 Å². The molecule has 2 heterocycles. The van der Waals surface area contributed by atoms with Gasteiger partial charge in [-0.05, 0) is 54.9 Å². The number of carbonyl (C=O) groups is 2. The largest absolute Gasteiger partial charge is 0.463 e. The van der Waals surface area contributed by atoms with Gasteiger partial charge in [0.25, 0.3) is 5.91 Å². The molecule has 1 fully saturated rings.